The summed E-state index contributed by atoms with van der Waals surface area (Å²) < 4.78 is 7.51. The van der Waals surface area contributed by atoms with E-state index >= 15 is 0 Å². The molecule has 4 rings (SSSR count). The van der Waals surface area contributed by atoms with E-state index in [0.29, 0.717) is 23.6 Å². The fourth-order valence-corrected chi connectivity index (χ4v) is 3.55. The van der Waals surface area contributed by atoms with Crippen molar-refractivity contribution in [2.45, 2.75) is 19.4 Å². The average molecular weight is 368 g/mol. The van der Waals surface area contributed by atoms with Crippen molar-refractivity contribution >= 4 is 34.3 Å². The van der Waals surface area contributed by atoms with Gasteiger partial charge in [-0.2, -0.15) is 0 Å². The molecule has 27 heavy (non-hydrogen) atoms. The van der Waals surface area contributed by atoms with Gasteiger partial charge >= 0.3 is 0 Å². The lowest BCUT2D eigenvalue weighted by Crippen LogP contribution is -2.43. The zero-order valence-electron chi connectivity index (χ0n) is 15.8. The molecule has 0 radical (unpaired) electrons. The number of pyridine rings is 1. The molecule has 0 spiro atoms. The molecule has 1 aliphatic rings. The van der Waals surface area contributed by atoms with Crippen molar-refractivity contribution in [3.8, 4) is 0 Å². The number of nitrogen functional groups attached to an aromatic ring is 1. The Morgan fingerprint density at radius 1 is 1.30 bits per heavy atom. The number of imidazole rings is 1. The van der Waals surface area contributed by atoms with Gasteiger partial charge in [0.2, 0.25) is 0 Å². The molecular weight excluding hydrogens is 344 g/mol. The Labute approximate surface area is 157 Å². The van der Waals surface area contributed by atoms with Crippen molar-refractivity contribution in [1.29, 1.82) is 0 Å². The van der Waals surface area contributed by atoms with Crippen molar-refractivity contribution < 1.29 is 4.74 Å². The van der Waals surface area contributed by atoms with E-state index in [2.05, 4.69) is 39.1 Å². The summed E-state index contributed by atoms with van der Waals surface area (Å²) in [7, 11) is 4.03. The van der Waals surface area contributed by atoms with Crippen LogP contribution < -0.4 is 16.0 Å². The molecule has 0 aliphatic carbocycles. The van der Waals surface area contributed by atoms with Crippen LogP contribution in [0, 0.1) is 5.92 Å². The monoisotopic (exact) mass is 368 g/mol. The molecule has 0 aromatic carbocycles. The Morgan fingerprint density at radius 2 is 2.15 bits per heavy atom. The minimum atomic E-state index is 0.375. The molecule has 4 heterocycles. The molecule has 0 bridgehead atoms. The standard InChI is InChI=1S/C18H24N8O/c1-11-8-27-5-4-13(11)26(3)16-6-12(17-18(24-16)25(2)10-22-17)23-15-7-14(19)20-9-21-15/h6-7,9-11,13H,4-5,8H2,1-3H3,(H3,19,20,21,23,24)/t11-,13-/m0/s1. The summed E-state index contributed by atoms with van der Waals surface area (Å²) >= 11 is 0. The lowest BCUT2D eigenvalue weighted by Gasteiger charge is -2.37. The second kappa shape index (κ2) is 6.99. The summed E-state index contributed by atoms with van der Waals surface area (Å²) in [6, 6.07) is 4.08. The van der Waals surface area contributed by atoms with Crippen molar-refractivity contribution in [3.05, 3.63) is 24.8 Å². The van der Waals surface area contributed by atoms with E-state index in [1.165, 1.54) is 6.33 Å². The summed E-state index contributed by atoms with van der Waals surface area (Å²) in [5.41, 5.74) is 8.20. The van der Waals surface area contributed by atoms with Crippen LogP contribution in [-0.4, -0.2) is 50.8 Å². The predicted molar refractivity (Wildman–Crippen MR) is 105 cm³/mol. The van der Waals surface area contributed by atoms with E-state index < -0.39 is 0 Å². The molecule has 0 unspecified atom stereocenters. The van der Waals surface area contributed by atoms with Gasteiger partial charge in [-0.25, -0.2) is 19.9 Å². The van der Waals surface area contributed by atoms with Crippen LogP contribution in [0.1, 0.15) is 13.3 Å². The topological polar surface area (TPSA) is 107 Å². The van der Waals surface area contributed by atoms with Crippen molar-refractivity contribution in [2.24, 2.45) is 13.0 Å². The highest BCUT2D eigenvalue weighted by Gasteiger charge is 2.27. The predicted octanol–water partition coefficient (Wildman–Crippen LogP) is 1.95. The van der Waals surface area contributed by atoms with E-state index in [4.69, 9.17) is 15.5 Å². The number of nitrogens with two attached hydrogens (primary N) is 1. The second-order valence-corrected chi connectivity index (χ2v) is 7.03. The molecule has 142 valence electrons. The first-order valence-corrected chi connectivity index (χ1v) is 9.00. The third-order valence-corrected chi connectivity index (χ3v) is 5.06. The molecule has 1 aliphatic heterocycles. The number of rotatable bonds is 4. The molecule has 3 N–H and O–H groups in total. The van der Waals surface area contributed by atoms with Crippen LogP contribution in [0.25, 0.3) is 11.2 Å². The number of aryl methyl sites for hydroxylation is 1. The molecule has 3 aromatic rings. The van der Waals surface area contributed by atoms with Gasteiger partial charge in [0.25, 0.3) is 0 Å². The van der Waals surface area contributed by atoms with E-state index in [1.54, 1.807) is 12.4 Å². The maximum absolute atomic E-state index is 5.78. The fourth-order valence-electron chi connectivity index (χ4n) is 3.55. The number of hydrogen-bond acceptors (Lipinski definition) is 8. The highest BCUT2D eigenvalue weighted by molar-refractivity contribution is 5.90. The largest absolute Gasteiger partial charge is 0.384 e. The summed E-state index contributed by atoms with van der Waals surface area (Å²) in [6.45, 7) is 3.76. The number of hydrogen-bond donors (Lipinski definition) is 2. The molecule has 0 amide bonds. The van der Waals surface area contributed by atoms with Gasteiger partial charge < -0.3 is 25.3 Å². The Kier molecular flexibility index (Phi) is 4.53. The molecule has 1 saturated heterocycles. The number of anilines is 4. The number of aromatic nitrogens is 5. The summed E-state index contributed by atoms with van der Waals surface area (Å²) in [5, 5.41) is 3.31. The first kappa shape index (κ1) is 17.5. The average Bonchev–Trinajstić information content (AvgIpc) is 3.03. The van der Waals surface area contributed by atoms with Gasteiger partial charge in [0.05, 0.1) is 18.6 Å². The number of nitrogens with zero attached hydrogens (tertiary/aromatic N) is 6. The van der Waals surface area contributed by atoms with Gasteiger partial charge in [0.1, 0.15) is 29.3 Å². The van der Waals surface area contributed by atoms with Crippen molar-refractivity contribution in [2.75, 3.05) is 36.2 Å². The van der Waals surface area contributed by atoms with Crippen LogP contribution in [0.2, 0.25) is 0 Å². The van der Waals surface area contributed by atoms with Crippen LogP contribution in [0.15, 0.2) is 24.8 Å². The van der Waals surface area contributed by atoms with E-state index in [-0.39, 0.29) is 0 Å². The van der Waals surface area contributed by atoms with Crippen LogP contribution in [0.3, 0.4) is 0 Å². The molecular formula is C18H24N8O. The Balaban J connectivity index is 1.74. The zero-order valence-corrected chi connectivity index (χ0v) is 15.8. The van der Waals surface area contributed by atoms with Crippen LogP contribution in [0.5, 0.6) is 0 Å². The molecule has 3 aromatic heterocycles. The first-order valence-electron chi connectivity index (χ1n) is 9.00. The zero-order chi connectivity index (χ0) is 19.0. The van der Waals surface area contributed by atoms with Crippen molar-refractivity contribution in [1.82, 2.24) is 24.5 Å². The third kappa shape index (κ3) is 3.37. The fraction of sp³-hybridized carbons (Fsp3) is 0.444. The van der Waals surface area contributed by atoms with Gasteiger partial charge in [0.15, 0.2) is 5.65 Å². The van der Waals surface area contributed by atoms with Gasteiger partial charge in [0, 0.05) is 38.9 Å². The van der Waals surface area contributed by atoms with Crippen LogP contribution >= 0.6 is 0 Å². The van der Waals surface area contributed by atoms with Gasteiger partial charge in [-0.05, 0) is 12.3 Å². The third-order valence-electron chi connectivity index (χ3n) is 5.06. The lowest BCUT2D eigenvalue weighted by atomic mass is 9.96. The van der Waals surface area contributed by atoms with E-state index in [9.17, 15) is 0 Å². The smallest absolute Gasteiger partial charge is 0.164 e. The first-order chi connectivity index (χ1) is 13.0. The highest BCUT2D eigenvalue weighted by atomic mass is 16.5. The van der Waals surface area contributed by atoms with Crippen LogP contribution in [-0.2, 0) is 11.8 Å². The minimum Gasteiger partial charge on any atom is -0.384 e. The molecule has 1 fully saturated rings. The van der Waals surface area contributed by atoms with E-state index in [1.807, 2.05) is 17.7 Å². The minimum absolute atomic E-state index is 0.375. The molecule has 9 heteroatoms. The normalized spacial score (nSPS) is 20.0. The summed E-state index contributed by atoms with van der Waals surface area (Å²) in [6.07, 6.45) is 4.18. The molecule has 0 saturated carbocycles. The molecule has 9 nitrogen and oxygen atoms in total. The molecule has 2 atom stereocenters. The highest BCUT2D eigenvalue weighted by Crippen LogP contribution is 2.31. The quantitative estimate of drug-likeness (QED) is 0.719. The van der Waals surface area contributed by atoms with Crippen molar-refractivity contribution in [3.63, 3.8) is 0 Å². The number of fused-ring (bicyclic) bond motifs is 1. The van der Waals surface area contributed by atoms with Gasteiger partial charge in [-0.1, -0.05) is 6.92 Å². The van der Waals surface area contributed by atoms with Gasteiger partial charge in [-0.15, -0.1) is 0 Å². The summed E-state index contributed by atoms with van der Waals surface area (Å²) in [4.78, 5) is 19.8. The van der Waals surface area contributed by atoms with Gasteiger partial charge in [-0.3, -0.25) is 0 Å². The Bertz CT molecular complexity index is 956. The Hall–Kier alpha value is -2.94. The van der Waals surface area contributed by atoms with E-state index in [0.717, 1.165) is 42.3 Å². The number of ether oxygens (including phenoxy) is 1. The number of nitrogens with one attached hydrogen (secondary N) is 1. The maximum atomic E-state index is 5.78. The maximum Gasteiger partial charge on any atom is 0.164 e. The Morgan fingerprint density at radius 3 is 2.93 bits per heavy atom. The second-order valence-electron chi connectivity index (χ2n) is 7.03. The SMILES string of the molecule is C[C@H]1COCC[C@@H]1N(C)c1cc(Nc2cc(N)ncn2)c2ncn(C)c2n1. The lowest BCUT2D eigenvalue weighted by molar-refractivity contribution is 0.0477. The van der Waals surface area contributed by atoms with Crippen LogP contribution in [0.4, 0.5) is 23.1 Å². The summed E-state index contributed by atoms with van der Waals surface area (Å²) in [5.74, 6) is 2.35.